The van der Waals surface area contributed by atoms with Crippen molar-refractivity contribution in [2.45, 2.75) is 13.5 Å². The summed E-state index contributed by atoms with van der Waals surface area (Å²) in [6, 6.07) is 5.00. The van der Waals surface area contributed by atoms with Gasteiger partial charge < -0.3 is 9.80 Å². The first-order valence-electron chi connectivity index (χ1n) is 8.13. The van der Waals surface area contributed by atoms with Gasteiger partial charge >= 0.3 is 0 Å². The van der Waals surface area contributed by atoms with E-state index < -0.39 is 0 Å². The number of amides is 2. The average Bonchev–Trinajstić information content (AvgIpc) is 3.25. The Morgan fingerprint density at radius 1 is 1.32 bits per heavy atom. The monoisotopic (exact) mass is 376 g/mol. The van der Waals surface area contributed by atoms with Gasteiger partial charge in [0.25, 0.3) is 5.91 Å². The molecule has 4 rings (SSSR count). The lowest BCUT2D eigenvalue weighted by Crippen LogP contribution is -2.35. The molecule has 2 saturated heterocycles. The molecule has 0 radical (unpaired) electrons. The largest absolute Gasteiger partial charge is 0.336 e. The van der Waals surface area contributed by atoms with Crippen molar-refractivity contribution in [2.75, 3.05) is 19.6 Å². The van der Waals surface area contributed by atoms with Crippen LogP contribution < -0.4 is 0 Å². The summed E-state index contributed by atoms with van der Waals surface area (Å²) >= 11 is 7.46. The first kappa shape index (κ1) is 16.5. The van der Waals surface area contributed by atoms with Gasteiger partial charge in [-0.2, -0.15) is 0 Å². The van der Waals surface area contributed by atoms with Gasteiger partial charge in [-0.05, 0) is 19.1 Å². The molecule has 25 heavy (non-hydrogen) atoms. The molecule has 0 spiro atoms. The van der Waals surface area contributed by atoms with E-state index in [1.165, 1.54) is 0 Å². The smallest absolute Gasteiger partial charge is 0.272 e. The predicted molar refractivity (Wildman–Crippen MR) is 94.4 cm³/mol. The van der Waals surface area contributed by atoms with Crippen LogP contribution in [0.3, 0.4) is 0 Å². The molecule has 2 aliphatic heterocycles. The molecule has 0 bridgehead atoms. The van der Waals surface area contributed by atoms with Gasteiger partial charge in [-0.3, -0.25) is 9.59 Å². The van der Waals surface area contributed by atoms with E-state index in [4.69, 9.17) is 11.6 Å². The summed E-state index contributed by atoms with van der Waals surface area (Å²) < 4.78 is 0. The molecule has 0 aromatic carbocycles. The van der Waals surface area contributed by atoms with Crippen LogP contribution >= 0.6 is 22.9 Å². The van der Waals surface area contributed by atoms with Gasteiger partial charge in [-0.1, -0.05) is 17.7 Å². The van der Waals surface area contributed by atoms with E-state index in [0.717, 1.165) is 10.7 Å². The second kappa shape index (κ2) is 6.38. The number of hydrogen-bond donors (Lipinski definition) is 0. The number of rotatable bonds is 3. The van der Waals surface area contributed by atoms with E-state index in [0.29, 0.717) is 37.0 Å². The minimum Gasteiger partial charge on any atom is -0.336 e. The van der Waals surface area contributed by atoms with Crippen LogP contribution in [0.5, 0.6) is 0 Å². The summed E-state index contributed by atoms with van der Waals surface area (Å²) in [4.78, 5) is 37.4. The Kier molecular flexibility index (Phi) is 4.21. The Labute approximate surface area is 154 Å². The van der Waals surface area contributed by atoms with E-state index in [2.05, 4.69) is 9.97 Å². The van der Waals surface area contributed by atoms with Crippen LogP contribution in [-0.2, 0) is 11.3 Å². The zero-order chi connectivity index (χ0) is 17.6. The number of carbonyl (C=O) groups is 2. The van der Waals surface area contributed by atoms with Crippen molar-refractivity contribution in [2.24, 2.45) is 11.8 Å². The van der Waals surface area contributed by atoms with E-state index in [9.17, 15) is 9.59 Å². The number of likely N-dealkylation sites (tertiary alicyclic amines) is 2. The topological polar surface area (TPSA) is 66.4 Å². The third-order valence-electron chi connectivity index (χ3n) is 4.77. The number of thiazole rings is 1. The van der Waals surface area contributed by atoms with Gasteiger partial charge in [0.1, 0.15) is 10.8 Å². The number of aryl methyl sites for hydroxylation is 1. The van der Waals surface area contributed by atoms with Gasteiger partial charge in [-0.15, -0.1) is 11.3 Å². The van der Waals surface area contributed by atoms with Crippen molar-refractivity contribution in [3.8, 4) is 0 Å². The van der Waals surface area contributed by atoms with E-state index in [1.807, 2.05) is 17.2 Å². The summed E-state index contributed by atoms with van der Waals surface area (Å²) in [6.07, 6.45) is 0. The second-order valence-corrected chi connectivity index (χ2v) is 7.95. The van der Waals surface area contributed by atoms with Crippen molar-refractivity contribution in [3.05, 3.63) is 45.1 Å². The highest BCUT2D eigenvalue weighted by Gasteiger charge is 2.47. The Morgan fingerprint density at radius 2 is 2.16 bits per heavy atom. The first-order valence-corrected chi connectivity index (χ1v) is 9.38. The van der Waals surface area contributed by atoms with Crippen LogP contribution in [-0.4, -0.2) is 51.2 Å². The minimum absolute atomic E-state index is 0.116. The van der Waals surface area contributed by atoms with Crippen molar-refractivity contribution >= 4 is 34.8 Å². The Balaban J connectivity index is 1.42. The van der Waals surface area contributed by atoms with Gasteiger partial charge in [0, 0.05) is 30.9 Å². The molecule has 0 unspecified atom stereocenters. The molecule has 2 aromatic heterocycles. The van der Waals surface area contributed by atoms with Crippen molar-refractivity contribution in [3.63, 3.8) is 0 Å². The number of pyridine rings is 1. The Bertz CT molecular complexity index is 840. The molecule has 0 N–H and O–H groups in total. The first-order chi connectivity index (χ1) is 12.0. The Morgan fingerprint density at radius 3 is 2.84 bits per heavy atom. The standard InChI is InChI=1S/C17H17ClN4O2S/c1-10-19-12(9-25-10)7-21-5-11-6-22(8-13(11)16(21)23)17(24)14-3-2-4-15(18)20-14/h2-4,9,11,13H,5-8H2,1H3/t11-,13+/m1/s1. The maximum Gasteiger partial charge on any atom is 0.272 e. The highest BCUT2D eigenvalue weighted by molar-refractivity contribution is 7.09. The number of hydrogen-bond acceptors (Lipinski definition) is 5. The molecule has 2 aromatic rings. The molecule has 2 amide bonds. The van der Waals surface area contributed by atoms with Gasteiger partial charge in [0.15, 0.2) is 0 Å². The third kappa shape index (κ3) is 3.14. The SMILES string of the molecule is Cc1nc(CN2C[C@@H]3CN(C(=O)c4cccc(Cl)n4)C[C@@H]3C2=O)cs1. The summed E-state index contributed by atoms with van der Waals surface area (Å²) in [6.45, 7) is 4.22. The fourth-order valence-corrected chi connectivity index (χ4v) is 4.39. The predicted octanol–water partition coefficient (Wildman–Crippen LogP) is 2.23. The fourth-order valence-electron chi connectivity index (χ4n) is 3.62. The number of aromatic nitrogens is 2. The molecular weight excluding hydrogens is 360 g/mol. The van der Waals surface area contributed by atoms with E-state index in [-0.39, 0.29) is 23.7 Å². The molecule has 2 aliphatic rings. The molecule has 2 fully saturated rings. The van der Waals surface area contributed by atoms with Gasteiger partial charge in [-0.25, -0.2) is 9.97 Å². The highest BCUT2D eigenvalue weighted by Crippen LogP contribution is 2.33. The van der Waals surface area contributed by atoms with Crippen molar-refractivity contribution < 1.29 is 9.59 Å². The zero-order valence-corrected chi connectivity index (χ0v) is 15.3. The van der Waals surface area contributed by atoms with Gasteiger partial charge in [0.2, 0.25) is 5.91 Å². The zero-order valence-electron chi connectivity index (χ0n) is 13.7. The molecular formula is C17H17ClN4O2S. The van der Waals surface area contributed by atoms with Crippen molar-refractivity contribution in [1.82, 2.24) is 19.8 Å². The molecule has 4 heterocycles. The number of fused-ring (bicyclic) bond motifs is 1. The van der Waals surface area contributed by atoms with E-state index in [1.54, 1.807) is 34.4 Å². The summed E-state index contributed by atoms with van der Waals surface area (Å²) in [5.41, 5.74) is 1.27. The molecule has 0 aliphatic carbocycles. The number of carbonyl (C=O) groups excluding carboxylic acids is 2. The lowest BCUT2D eigenvalue weighted by atomic mass is 10.0. The lowest BCUT2D eigenvalue weighted by molar-refractivity contribution is -0.131. The van der Waals surface area contributed by atoms with E-state index >= 15 is 0 Å². The summed E-state index contributed by atoms with van der Waals surface area (Å²) in [5, 5.41) is 3.30. The summed E-state index contributed by atoms with van der Waals surface area (Å²) in [7, 11) is 0. The van der Waals surface area contributed by atoms with Crippen molar-refractivity contribution in [1.29, 1.82) is 0 Å². The number of halogens is 1. The van der Waals surface area contributed by atoms with Crippen LogP contribution in [0.4, 0.5) is 0 Å². The van der Waals surface area contributed by atoms with Crippen LogP contribution in [0.15, 0.2) is 23.6 Å². The highest BCUT2D eigenvalue weighted by atomic mass is 35.5. The van der Waals surface area contributed by atoms with Crippen LogP contribution in [0, 0.1) is 18.8 Å². The molecule has 6 nitrogen and oxygen atoms in total. The van der Waals surface area contributed by atoms with Crippen LogP contribution in [0.2, 0.25) is 5.15 Å². The number of nitrogens with zero attached hydrogens (tertiary/aromatic N) is 4. The van der Waals surface area contributed by atoms with Crippen LogP contribution in [0.1, 0.15) is 21.2 Å². The molecule has 8 heteroatoms. The second-order valence-electron chi connectivity index (χ2n) is 6.50. The molecule has 0 saturated carbocycles. The quantitative estimate of drug-likeness (QED) is 0.770. The minimum atomic E-state index is -0.161. The maximum absolute atomic E-state index is 12.7. The maximum atomic E-state index is 12.7. The third-order valence-corrected chi connectivity index (χ3v) is 5.80. The fraction of sp³-hybridized carbons (Fsp3) is 0.412. The molecule has 2 atom stereocenters. The normalized spacial score (nSPS) is 22.6. The molecule has 130 valence electrons. The van der Waals surface area contributed by atoms with Crippen LogP contribution in [0.25, 0.3) is 0 Å². The average molecular weight is 377 g/mol. The lowest BCUT2D eigenvalue weighted by Gasteiger charge is -2.21. The Hall–Kier alpha value is -1.99. The van der Waals surface area contributed by atoms with Gasteiger partial charge in [0.05, 0.1) is 23.2 Å². The summed E-state index contributed by atoms with van der Waals surface area (Å²) in [5.74, 6) is 0.00890.